The van der Waals surface area contributed by atoms with E-state index in [4.69, 9.17) is 0 Å². The Morgan fingerprint density at radius 2 is 0.618 bits per heavy atom. The molecule has 6 N–H and O–H groups in total. The molecule has 55 heavy (non-hydrogen) atoms. The summed E-state index contributed by atoms with van der Waals surface area (Å²) >= 11 is 5.68. The van der Waals surface area contributed by atoms with E-state index in [0.717, 1.165) is 38.9 Å². The van der Waals surface area contributed by atoms with Crippen LogP contribution >= 0.6 is 47.0 Å². The molecule has 0 saturated heterocycles. The Labute approximate surface area is 340 Å². The molecule has 3 aromatic rings. The van der Waals surface area contributed by atoms with Gasteiger partial charge in [0.05, 0.1) is 23.0 Å². The maximum Gasteiger partial charge on any atom is 0.251 e. The number of amides is 6. The smallest absolute Gasteiger partial charge is 0.251 e. The third-order valence-electron chi connectivity index (χ3n) is 7.79. The minimum Gasteiger partial charge on any atom is -0.351 e. The molecule has 0 radical (unpaired) electrons. The molecule has 12 nitrogen and oxygen atoms in total. The summed E-state index contributed by atoms with van der Waals surface area (Å²) in [5.74, 6) is 0.246. The predicted octanol–water partition coefficient (Wildman–Crippen LogP) is 3.77. The van der Waals surface area contributed by atoms with Crippen LogP contribution < -0.4 is 31.9 Å². The van der Waals surface area contributed by atoms with Gasteiger partial charge in [0.1, 0.15) is 0 Å². The minimum atomic E-state index is -0.310. The Kier molecular flexibility index (Phi) is 20.1. The van der Waals surface area contributed by atoms with Gasteiger partial charge in [-0.05, 0) is 89.6 Å². The highest BCUT2D eigenvalue weighted by molar-refractivity contribution is 7.99. The third-order valence-corrected chi connectivity index (χ3v) is 10.00. The Morgan fingerprint density at radius 3 is 0.873 bits per heavy atom. The van der Waals surface area contributed by atoms with Crippen LogP contribution in [0.4, 0.5) is 0 Å². The summed E-state index contributed by atoms with van der Waals surface area (Å²) in [5, 5.41) is 17.4. The molecule has 0 saturated carbocycles. The van der Waals surface area contributed by atoms with Crippen LogP contribution in [0.5, 0.6) is 0 Å². The van der Waals surface area contributed by atoms with Gasteiger partial charge in [0, 0.05) is 50.4 Å². The molecule has 3 rings (SSSR count). The molecule has 296 valence electrons. The number of rotatable bonds is 22. The third kappa shape index (κ3) is 17.1. The van der Waals surface area contributed by atoms with E-state index in [1.165, 1.54) is 47.0 Å². The lowest BCUT2D eigenvalue weighted by molar-refractivity contribution is -0.119. The highest BCUT2D eigenvalue weighted by Crippen LogP contribution is 2.15. The summed E-state index contributed by atoms with van der Waals surface area (Å²) in [6.45, 7) is 3.37. The molecule has 0 bridgehead atoms. The lowest BCUT2D eigenvalue weighted by atomic mass is 10.0. The van der Waals surface area contributed by atoms with Crippen LogP contribution in [0.25, 0.3) is 0 Å². The molecule has 0 aliphatic heterocycles. The van der Waals surface area contributed by atoms with Crippen molar-refractivity contribution in [1.82, 2.24) is 31.9 Å². The van der Waals surface area contributed by atoms with Gasteiger partial charge in [0.2, 0.25) is 23.6 Å². The van der Waals surface area contributed by atoms with Crippen LogP contribution in [0.15, 0.2) is 54.6 Å². The van der Waals surface area contributed by atoms with Crippen molar-refractivity contribution in [3.05, 3.63) is 105 Å². The van der Waals surface area contributed by atoms with Crippen LogP contribution in [0.2, 0.25) is 0 Å². The second-order valence-electron chi connectivity index (χ2n) is 12.6. The first-order chi connectivity index (χ1) is 26.4. The SMILES string of the molecule is CSCC(=O)NCc1cc(CNC(=O)CSC)cc(C(=O)NCc2cc(C)cc(CNC(=O)c3cc(CNC(=O)CSC)cc(CNC(=O)CSC)c3)c2)c1. The fourth-order valence-corrected chi connectivity index (χ4v) is 6.90. The molecule has 0 aliphatic rings. The predicted molar refractivity (Wildman–Crippen MR) is 227 cm³/mol. The Morgan fingerprint density at radius 1 is 0.382 bits per heavy atom. The van der Waals surface area contributed by atoms with Crippen molar-refractivity contribution >= 4 is 82.5 Å². The van der Waals surface area contributed by atoms with Gasteiger partial charge in [-0.2, -0.15) is 47.0 Å². The number of benzene rings is 3. The topological polar surface area (TPSA) is 175 Å². The van der Waals surface area contributed by atoms with Gasteiger partial charge in [-0.1, -0.05) is 35.9 Å². The monoisotopic (exact) mass is 826 g/mol. The number of hydrogen-bond acceptors (Lipinski definition) is 10. The quantitative estimate of drug-likeness (QED) is 0.0876. The van der Waals surface area contributed by atoms with E-state index in [1.54, 1.807) is 24.3 Å². The number of hydrogen-bond donors (Lipinski definition) is 6. The van der Waals surface area contributed by atoms with Crippen LogP contribution in [-0.4, -0.2) is 83.5 Å². The molecular weight excluding hydrogens is 777 g/mol. The van der Waals surface area contributed by atoms with Gasteiger partial charge in [0.15, 0.2) is 0 Å². The average Bonchev–Trinajstić information content (AvgIpc) is 3.16. The summed E-state index contributed by atoms with van der Waals surface area (Å²) in [6.07, 6.45) is 7.39. The van der Waals surface area contributed by atoms with Crippen LogP contribution in [0.3, 0.4) is 0 Å². The van der Waals surface area contributed by atoms with Gasteiger partial charge in [-0.3, -0.25) is 28.8 Å². The molecule has 0 fully saturated rings. The molecule has 3 aromatic carbocycles. The van der Waals surface area contributed by atoms with Crippen molar-refractivity contribution in [1.29, 1.82) is 0 Å². The van der Waals surface area contributed by atoms with Gasteiger partial charge in [0.25, 0.3) is 11.8 Å². The van der Waals surface area contributed by atoms with Gasteiger partial charge in [-0.15, -0.1) is 0 Å². The largest absolute Gasteiger partial charge is 0.351 e. The summed E-state index contributed by atoms with van der Waals surface area (Å²) in [5.41, 5.74) is 6.40. The summed E-state index contributed by atoms with van der Waals surface area (Å²) in [6, 6.07) is 16.5. The zero-order valence-corrected chi connectivity index (χ0v) is 35.1. The number of carbonyl (C=O) groups excluding carboxylic acids is 6. The molecule has 0 unspecified atom stereocenters. The Balaban J connectivity index is 1.71. The molecule has 0 heterocycles. The minimum absolute atomic E-state index is 0.110. The number of thioether (sulfide) groups is 4. The van der Waals surface area contributed by atoms with Gasteiger partial charge < -0.3 is 31.9 Å². The van der Waals surface area contributed by atoms with E-state index in [9.17, 15) is 28.8 Å². The summed E-state index contributed by atoms with van der Waals surface area (Å²) < 4.78 is 0. The summed E-state index contributed by atoms with van der Waals surface area (Å²) in [4.78, 5) is 75.3. The van der Waals surface area contributed by atoms with Gasteiger partial charge in [-0.25, -0.2) is 0 Å². The van der Waals surface area contributed by atoms with Crippen LogP contribution in [0, 0.1) is 6.92 Å². The van der Waals surface area contributed by atoms with E-state index in [1.807, 2.05) is 62.3 Å². The molecule has 0 aromatic heterocycles. The second kappa shape index (κ2) is 24.4. The Bertz CT molecular complexity index is 1620. The normalized spacial score (nSPS) is 10.6. The molecule has 0 atom stereocenters. The number of nitrogens with one attached hydrogen (secondary N) is 6. The Hall–Kier alpha value is -4.12. The lowest BCUT2D eigenvalue weighted by Crippen LogP contribution is -2.27. The van der Waals surface area contributed by atoms with Crippen molar-refractivity contribution in [2.75, 3.05) is 48.0 Å². The first kappa shape index (κ1) is 45.3. The molecular formula is C39H50N6O6S4. The number of aryl methyl sites for hydroxylation is 1. The lowest BCUT2D eigenvalue weighted by Gasteiger charge is -2.14. The molecule has 16 heteroatoms. The zero-order valence-electron chi connectivity index (χ0n) is 31.8. The van der Waals surface area contributed by atoms with E-state index in [2.05, 4.69) is 31.9 Å². The van der Waals surface area contributed by atoms with E-state index in [-0.39, 0.29) is 74.7 Å². The molecule has 0 spiro atoms. The van der Waals surface area contributed by atoms with Crippen molar-refractivity contribution in [2.45, 2.75) is 46.2 Å². The van der Waals surface area contributed by atoms with E-state index < -0.39 is 0 Å². The fourth-order valence-electron chi connectivity index (χ4n) is 5.45. The van der Waals surface area contributed by atoms with E-state index in [0.29, 0.717) is 34.1 Å². The molecule has 6 amide bonds. The zero-order chi connectivity index (χ0) is 40.2. The highest BCUT2D eigenvalue weighted by Gasteiger charge is 2.14. The first-order valence-corrected chi connectivity index (χ1v) is 22.9. The van der Waals surface area contributed by atoms with E-state index >= 15 is 0 Å². The first-order valence-electron chi connectivity index (χ1n) is 17.4. The van der Waals surface area contributed by atoms with Crippen molar-refractivity contribution < 1.29 is 28.8 Å². The van der Waals surface area contributed by atoms with Crippen LogP contribution in [0.1, 0.15) is 59.7 Å². The van der Waals surface area contributed by atoms with Gasteiger partial charge >= 0.3 is 0 Å². The highest BCUT2D eigenvalue weighted by atomic mass is 32.2. The molecule has 0 aliphatic carbocycles. The average molecular weight is 827 g/mol. The standard InChI is InChI=1S/C39H50N6O6S4/c1-25-6-26(19-44-38(50)32-11-28(15-40-34(46)21-52-2)9-29(12-32)16-41-35(47)22-53-3)8-27(7-25)20-45-39(51)33-13-30(17-42-36(48)23-54-4)10-31(14-33)18-43-37(49)24-55-5/h6-14H,15-24H2,1-5H3,(H,40,46)(H,41,47)(H,42,48)(H,43,49)(H,44,50)(H,45,51). The maximum atomic E-state index is 13.4. The van der Waals surface area contributed by atoms with Crippen LogP contribution in [-0.2, 0) is 58.4 Å². The van der Waals surface area contributed by atoms with Crippen molar-refractivity contribution in [2.24, 2.45) is 0 Å². The number of carbonyl (C=O) groups is 6. The fraction of sp³-hybridized carbons (Fsp3) is 0.385. The van der Waals surface area contributed by atoms with Crippen molar-refractivity contribution in [3.63, 3.8) is 0 Å². The maximum absolute atomic E-state index is 13.4. The van der Waals surface area contributed by atoms with Crippen molar-refractivity contribution in [3.8, 4) is 0 Å². The summed E-state index contributed by atoms with van der Waals surface area (Å²) in [7, 11) is 0. The second-order valence-corrected chi connectivity index (χ2v) is 16.1.